The third-order valence-corrected chi connectivity index (χ3v) is 2.58. The highest BCUT2D eigenvalue weighted by molar-refractivity contribution is 6.30. The number of nitrogens with zero attached hydrogens (tertiary/aromatic N) is 2. The van der Waals surface area contributed by atoms with Gasteiger partial charge in [-0.05, 0) is 6.42 Å². The molecule has 2 nitrogen and oxygen atoms in total. The lowest BCUT2D eigenvalue weighted by atomic mass is 9.86. The third-order valence-electron chi connectivity index (χ3n) is 2.38. The molecule has 1 heterocycles. The minimum Gasteiger partial charge on any atom is -0.239 e. The predicted molar refractivity (Wildman–Crippen MR) is 59.6 cm³/mol. The summed E-state index contributed by atoms with van der Waals surface area (Å²) >= 11 is 5.74. The van der Waals surface area contributed by atoms with Gasteiger partial charge < -0.3 is 0 Å². The van der Waals surface area contributed by atoms with E-state index in [1.807, 2.05) is 0 Å². The summed E-state index contributed by atoms with van der Waals surface area (Å²) in [6.45, 7) is 6.54. The molecular weight excluding hydrogens is 196 g/mol. The average Bonchev–Trinajstić information content (AvgIpc) is 2.16. The second-order valence-corrected chi connectivity index (χ2v) is 4.65. The second-order valence-electron chi connectivity index (χ2n) is 4.21. The maximum Gasteiger partial charge on any atom is 0.133 e. The number of unbranched alkanes of at least 4 members (excludes halogenated alkanes) is 1. The van der Waals surface area contributed by atoms with E-state index >= 15 is 0 Å². The van der Waals surface area contributed by atoms with Crippen LogP contribution in [0.25, 0.3) is 0 Å². The smallest absolute Gasteiger partial charge is 0.133 e. The van der Waals surface area contributed by atoms with Crippen molar-refractivity contribution in [1.82, 2.24) is 9.97 Å². The Morgan fingerprint density at radius 3 is 2.36 bits per heavy atom. The first-order valence-electron chi connectivity index (χ1n) is 5.04. The molecule has 14 heavy (non-hydrogen) atoms. The van der Waals surface area contributed by atoms with Crippen LogP contribution in [0.4, 0.5) is 0 Å². The van der Waals surface area contributed by atoms with E-state index in [0.717, 1.165) is 12.2 Å². The van der Waals surface area contributed by atoms with E-state index in [2.05, 4.69) is 30.7 Å². The minimum atomic E-state index is 0.0561. The maximum absolute atomic E-state index is 5.74. The highest BCUT2D eigenvalue weighted by Gasteiger charge is 2.22. The van der Waals surface area contributed by atoms with E-state index in [1.165, 1.54) is 12.8 Å². The van der Waals surface area contributed by atoms with E-state index in [0.29, 0.717) is 5.02 Å². The van der Waals surface area contributed by atoms with E-state index in [-0.39, 0.29) is 5.41 Å². The lowest BCUT2D eigenvalue weighted by molar-refractivity contribution is 0.431. The van der Waals surface area contributed by atoms with Gasteiger partial charge in [0.25, 0.3) is 0 Å². The van der Waals surface area contributed by atoms with Gasteiger partial charge in [0.2, 0.25) is 0 Å². The molecular formula is C11H17ClN2. The minimum absolute atomic E-state index is 0.0561. The molecule has 0 aromatic carbocycles. The van der Waals surface area contributed by atoms with Crippen LogP contribution in [-0.4, -0.2) is 9.97 Å². The van der Waals surface area contributed by atoms with Crippen molar-refractivity contribution in [2.75, 3.05) is 0 Å². The normalized spacial score (nSPS) is 11.7. The van der Waals surface area contributed by atoms with Gasteiger partial charge in [-0.15, -0.1) is 0 Å². The quantitative estimate of drug-likeness (QED) is 0.762. The molecule has 0 unspecified atom stereocenters. The zero-order valence-electron chi connectivity index (χ0n) is 9.05. The van der Waals surface area contributed by atoms with Crippen molar-refractivity contribution in [3.8, 4) is 0 Å². The Kier molecular flexibility index (Phi) is 3.87. The van der Waals surface area contributed by atoms with E-state index < -0.39 is 0 Å². The van der Waals surface area contributed by atoms with Gasteiger partial charge in [0.15, 0.2) is 0 Å². The van der Waals surface area contributed by atoms with Crippen LogP contribution in [-0.2, 0) is 5.41 Å². The highest BCUT2D eigenvalue weighted by atomic mass is 35.5. The van der Waals surface area contributed by atoms with Crippen molar-refractivity contribution in [1.29, 1.82) is 0 Å². The van der Waals surface area contributed by atoms with Gasteiger partial charge >= 0.3 is 0 Å². The van der Waals surface area contributed by atoms with Crippen molar-refractivity contribution in [3.05, 3.63) is 23.2 Å². The highest BCUT2D eigenvalue weighted by Crippen LogP contribution is 2.26. The van der Waals surface area contributed by atoms with E-state index in [4.69, 9.17) is 11.6 Å². The summed E-state index contributed by atoms with van der Waals surface area (Å²) in [7, 11) is 0. The number of hydrogen-bond acceptors (Lipinski definition) is 2. The van der Waals surface area contributed by atoms with Crippen LogP contribution in [0.2, 0.25) is 5.02 Å². The zero-order chi connectivity index (χ0) is 10.6. The van der Waals surface area contributed by atoms with E-state index in [1.54, 1.807) is 12.4 Å². The number of aromatic nitrogens is 2. The molecule has 0 aliphatic rings. The topological polar surface area (TPSA) is 25.8 Å². The van der Waals surface area contributed by atoms with Crippen LogP contribution >= 0.6 is 11.6 Å². The van der Waals surface area contributed by atoms with E-state index in [9.17, 15) is 0 Å². The fourth-order valence-electron chi connectivity index (χ4n) is 1.39. The summed E-state index contributed by atoms with van der Waals surface area (Å²) in [5.41, 5.74) is 0.0561. The molecule has 0 amide bonds. The Bertz CT molecular complexity index is 280. The number of halogens is 1. The molecule has 1 rings (SSSR count). The van der Waals surface area contributed by atoms with Crippen molar-refractivity contribution < 1.29 is 0 Å². The summed E-state index contributed by atoms with van der Waals surface area (Å²) in [6.07, 6.45) is 6.86. The summed E-state index contributed by atoms with van der Waals surface area (Å²) in [4.78, 5) is 8.52. The van der Waals surface area contributed by atoms with Crippen molar-refractivity contribution in [3.63, 3.8) is 0 Å². The summed E-state index contributed by atoms with van der Waals surface area (Å²) in [5.74, 6) is 0.885. The van der Waals surface area contributed by atoms with Crippen molar-refractivity contribution in [2.45, 2.75) is 45.4 Å². The van der Waals surface area contributed by atoms with Gasteiger partial charge in [0, 0.05) is 17.8 Å². The first kappa shape index (κ1) is 11.4. The maximum atomic E-state index is 5.74. The van der Waals surface area contributed by atoms with Gasteiger partial charge in [-0.2, -0.15) is 0 Å². The molecule has 1 aromatic heterocycles. The van der Waals surface area contributed by atoms with Gasteiger partial charge in [-0.25, -0.2) is 9.97 Å². The fourth-order valence-corrected chi connectivity index (χ4v) is 1.49. The SMILES string of the molecule is CCCCC(C)(C)c1ncc(Cl)cn1. The summed E-state index contributed by atoms with van der Waals surface area (Å²) in [5, 5.41) is 0.597. The Balaban J connectivity index is 2.75. The monoisotopic (exact) mass is 212 g/mol. The summed E-state index contributed by atoms with van der Waals surface area (Å²) < 4.78 is 0. The van der Waals surface area contributed by atoms with Gasteiger partial charge in [-0.1, -0.05) is 45.2 Å². The molecule has 0 radical (unpaired) electrons. The first-order valence-corrected chi connectivity index (χ1v) is 5.42. The molecule has 78 valence electrons. The first-order chi connectivity index (χ1) is 6.56. The Hall–Kier alpha value is -0.630. The van der Waals surface area contributed by atoms with Gasteiger partial charge in [-0.3, -0.25) is 0 Å². The number of hydrogen-bond donors (Lipinski definition) is 0. The van der Waals surface area contributed by atoms with Crippen LogP contribution in [0.3, 0.4) is 0 Å². The Labute approximate surface area is 90.7 Å². The number of rotatable bonds is 4. The molecule has 0 N–H and O–H groups in total. The largest absolute Gasteiger partial charge is 0.239 e. The molecule has 0 fully saturated rings. The second kappa shape index (κ2) is 4.74. The fraction of sp³-hybridized carbons (Fsp3) is 0.636. The molecule has 0 saturated carbocycles. The average molecular weight is 213 g/mol. The van der Waals surface area contributed by atoms with Crippen molar-refractivity contribution >= 4 is 11.6 Å². The lowest BCUT2D eigenvalue weighted by Gasteiger charge is -2.22. The standard InChI is InChI=1S/C11H17ClN2/c1-4-5-6-11(2,3)10-13-7-9(12)8-14-10/h7-8H,4-6H2,1-3H3. The zero-order valence-corrected chi connectivity index (χ0v) is 9.80. The third kappa shape index (κ3) is 2.95. The predicted octanol–water partition coefficient (Wildman–Crippen LogP) is 3.60. The van der Waals surface area contributed by atoms with Crippen molar-refractivity contribution in [2.24, 2.45) is 0 Å². The molecule has 1 aromatic rings. The van der Waals surface area contributed by atoms with Crippen LogP contribution in [0.1, 0.15) is 45.9 Å². The summed E-state index contributed by atoms with van der Waals surface area (Å²) in [6, 6.07) is 0. The van der Waals surface area contributed by atoms with Gasteiger partial charge in [0.1, 0.15) is 5.82 Å². The van der Waals surface area contributed by atoms with Crippen LogP contribution in [0.5, 0.6) is 0 Å². The van der Waals surface area contributed by atoms with Crippen LogP contribution < -0.4 is 0 Å². The Morgan fingerprint density at radius 1 is 1.29 bits per heavy atom. The molecule has 3 heteroatoms. The molecule has 0 saturated heterocycles. The van der Waals surface area contributed by atoms with Crippen LogP contribution in [0.15, 0.2) is 12.4 Å². The molecule has 0 bridgehead atoms. The molecule has 0 aliphatic heterocycles. The molecule has 0 atom stereocenters. The van der Waals surface area contributed by atoms with Gasteiger partial charge in [0.05, 0.1) is 5.02 Å². The molecule has 0 spiro atoms. The lowest BCUT2D eigenvalue weighted by Crippen LogP contribution is -2.20. The Morgan fingerprint density at radius 2 is 1.86 bits per heavy atom. The molecule has 0 aliphatic carbocycles. The van der Waals surface area contributed by atoms with Crippen LogP contribution in [0, 0.1) is 0 Å².